The number of halogens is 1. The van der Waals surface area contributed by atoms with E-state index in [1.54, 1.807) is 6.07 Å². The minimum atomic E-state index is -3.16. The molecule has 2 unspecified atom stereocenters. The fourth-order valence-corrected chi connectivity index (χ4v) is 5.31. The summed E-state index contributed by atoms with van der Waals surface area (Å²) in [6, 6.07) is 6.38. The number of benzene rings is 1. The minimum Gasteiger partial charge on any atom is -0.329 e. The fraction of sp³-hybridized carbons (Fsp3) is 0.600. The summed E-state index contributed by atoms with van der Waals surface area (Å²) in [6.45, 7) is 0.775. The van der Waals surface area contributed by atoms with Crippen LogP contribution in [0.2, 0.25) is 0 Å². The van der Waals surface area contributed by atoms with E-state index in [1.165, 1.54) is 18.4 Å². The van der Waals surface area contributed by atoms with Crippen LogP contribution in [0.3, 0.4) is 0 Å². The molecule has 2 atom stereocenters. The van der Waals surface area contributed by atoms with E-state index in [4.69, 9.17) is 5.73 Å². The van der Waals surface area contributed by atoms with Gasteiger partial charge in [0.25, 0.3) is 0 Å². The number of sulfone groups is 1. The van der Waals surface area contributed by atoms with Crippen molar-refractivity contribution >= 4 is 9.84 Å². The Labute approximate surface area is 126 Å². The average molecular weight is 314 g/mol. The van der Waals surface area contributed by atoms with Gasteiger partial charge in [-0.2, -0.15) is 0 Å². The van der Waals surface area contributed by atoms with E-state index in [0.29, 0.717) is 13.0 Å². The Hall–Kier alpha value is -0.980. The molecule has 0 heterocycles. The molecule has 2 N–H and O–H groups in total. The smallest absolute Gasteiger partial charge is 0.152 e. The van der Waals surface area contributed by atoms with Crippen molar-refractivity contribution < 1.29 is 12.8 Å². The first-order valence-corrected chi connectivity index (χ1v) is 9.10. The number of nitrogens with zero attached hydrogens (tertiary/aromatic N) is 1. The van der Waals surface area contributed by atoms with Gasteiger partial charge in [0.05, 0.1) is 5.25 Å². The normalized spacial score (nSPS) is 26.4. The van der Waals surface area contributed by atoms with Crippen LogP contribution in [0.4, 0.5) is 4.39 Å². The summed E-state index contributed by atoms with van der Waals surface area (Å²) in [6.07, 6.45) is 3.53. The molecular formula is C15H23FN2O2S. The summed E-state index contributed by atoms with van der Waals surface area (Å²) in [4.78, 5) is 1.99. The van der Waals surface area contributed by atoms with Crippen LogP contribution in [-0.2, 0) is 16.4 Å². The van der Waals surface area contributed by atoms with Crippen molar-refractivity contribution in [1.82, 2.24) is 4.90 Å². The van der Waals surface area contributed by atoms with Gasteiger partial charge in [-0.05, 0) is 37.6 Å². The van der Waals surface area contributed by atoms with Crippen molar-refractivity contribution in [3.05, 3.63) is 35.6 Å². The van der Waals surface area contributed by atoms with E-state index >= 15 is 0 Å². The minimum absolute atomic E-state index is 0.284. The molecule has 0 spiro atoms. The zero-order valence-corrected chi connectivity index (χ0v) is 13.4. The maximum Gasteiger partial charge on any atom is 0.152 e. The SMILES string of the molecule is CN(Cc1cccc(F)c1)C1(CN)CCCC1S(C)(=O)=O. The molecule has 21 heavy (non-hydrogen) atoms. The third kappa shape index (κ3) is 3.27. The van der Waals surface area contributed by atoms with E-state index in [9.17, 15) is 12.8 Å². The molecule has 6 heteroatoms. The second-order valence-electron chi connectivity index (χ2n) is 6.00. The summed E-state index contributed by atoms with van der Waals surface area (Å²) in [7, 11) is -1.29. The van der Waals surface area contributed by atoms with Gasteiger partial charge in [0, 0.05) is 24.9 Å². The van der Waals surface area contributed by atoms with Gasteiger partial charge in [-0.25, -0.2) is 12.8 Å². The molecule has 0 saturated heterocycles. The van der Waals surface area contributed by atoms with Gasteiger partial charge >= 0.3 is 0 Å². The van der Waals surface area contributed by atoms with E-state index in [1.807, 2.05) is 18.0 Å². The fourth-order valence-electron chi connectivity index (χ4n) is 3.53. The lowest BCUT2D eigenvalue weighted by atomic mass is 9.94. The average Bonchev–Trinajstić information content (AvgIpc) is 2.83. The lowest BCUT2D eigenvalue weighted by molar-refractivity contribution is 0.126. The van der Waals surface area contributed by atoms with Crippen molar-refractivity contribution in [2.24, 2.45) is 5.73 Å². The van der Waals surface area contributed by atoms with Gasteiger partial charge in [0.1, 0.15) is 5.82 Å². The molecular weight excluding hydrogens is 291 g/mol. The number of nitrogens with two attached hydrogens (primary N) is 1. The second-order valence-corrected chi connectivity index (χ2v) is 8.23. The van der Waals surface area contributed by atoms with Crippen molar-refractivity contribution in [3.63, 3.8) is 0 Å². The quantitative estimate of drug-likeness (QED) is 0.896. The van der Waals surface area contributed by atoms with Crippen LogP contribution in [-0.4, -0.2) is 44.0 Å². The summed E-state index contributed by atoms with van der Waals surface area (Å²) in [5.41, 5.74) is 6.23. The highest BCUT2D eigenvalue weighted by atomic mass is 32.2. The first-order chi connectivity index (χ1) is 9.79. The zero-order valence-electron chi connectivity index (χ0n) is 12.5. The zero-order chi connectivity index (χ0) is 15.7. The molecule has 0 aromatic heterocycles. The lowest BCUT2D eigenvalue weighted by Crippen LogP contribution is -2.58. The maximum atomic E-state index is 13.3. The first kappa shape index (κ1) is 16.4. The Morgan fingerprint density at radius 3 is 2.76 bits per heavy atom. The summed E-state index contributed by atoms with van der Waals surface area (Å²) in [5.74, 6) is -0.284. The summed E-state index contributed by atoms with van der Waals surface area (Å²) >= 11 is 0. The third-order valence-electron chi connectivity index (χ3n) is 4.61. The molecule has 0 aliphatic heterocycles. The lowest BCUT2D eigenvalue weighted by Gasteiger charge is -2.42. The van der Waals surface area contributed by atoms with Crippen LogP contribution < -0.4 is 5.73 Å². The Balaban J connectivity index is 2.27. The molecule has 0 radical (unpaired) electrons. The molecule has 0 bridgehead atoms. The maximum absolute atomic E-state index is 13.3. The van der Waals surface area contributed by atoms with Crippen LogP contribution in [0.25, 0.3) is 0 Å². The standard InChI is InChI=1S/C15H23FN2O2S/c1-18(10-12-5-3-6-13(16)9-12)15(11-17)8-4-7-14(15)21(2,19)20/h3,5-6,9,14H,4,7-8,10-11,17H2,1-2H3. The van der Waals surface area contributed by atoms with Gasteiger partial charge in [-0.1, -0.05) is 18.6 Å². The van der Waals surface area contributed by atoms with E-state index < -0.39 is 20.6 Å². The van der Waals surface area contributed by atoms with Crippen molar-refractivity contribution in [2.75, 3.05) is 19.8 Å². The Bertz CT molecular complexity index is 605. The molecule has 118 valence electrons. The van der Waals surface area contributed by atoms with Gasteiger partial charge in [0.2, 0.25) is 0 Å². The van der Waals surface area contributed by atoms with Crippen molar-refractivity contribution in [3.8, 4) is 0 Å². The number of hydrogen-bond acceptors (Lipinski definition) is 4. The monoisotopic (exact) mass is 314 g/mol. The molecule has 0 amide bonds. The van der Waals surface area contributed by atoms with Gasteiger partial charge < -0.3 is 5.73 Å². The molecule has 1 saturated carbocycles. The molecule has 1 aromatic carbocycles. The number of likely N-dealkylation sites (N-methyl/N-ethyl adjacent to an activating group) is 1. The molecule has 2 rings (SSSR count). The van der Waals surface area contributed by atoms with Crippen LogP contribution in [0.15, 0.2) is 24.3 Å². The van der Waals surface area contributed by atoms with Crippen LogP contribution in [0.1, 0.15) is 24.8 Å². The van der Waals surface area contributed by atoms with Gasteiger partial charge in [-0.3, -0.25) is 4.90 Å². The van der Waals surface area contributed by atoms with Crippen molar-refractivity contribution in [1.29, 1.82) is 0 Å². The van der Waals surface area contributed by atoms with Crippen LogP contribution in [0.5, 0.6) is 0 Å². The van der Waals surface area contributed by atoms with Crippen molar-refractivity contribution in [2.45, 2.75) is 36.6 Å². The predicted molar refractivity (Wildman–Crippen MR) is 82.1 cm³/mol. The number of hydrogen-bond donors (Lipinski definition) is 1. The van der Waals surface area contributed by atoms with Crippen LogP contribution in [0, 0.1) is 5.82 Å². The highest BCUT2D eigenvalue weighted by Gasteiger charge is 2.49. The third-order valence-corrected chi connectivity index (χ3v) is 6.32. The van der Waals surface area contributed by atoms with Gasteiger partial charge in [-0.15, -0.1) is 0 Å². The second kappa shape index (κ2) is 6.02. The summed E-state index contributed by atoms with van der Waals surface area (Å²) in [5, 5.41) is -0.450. The first-order valence-electron chi connectivity index (χ1n) is 7.14. The Kier molecular flexibility index (Phi) is 4.70. The summed E-state index contributed by atoms with van der Waals surface area (Å²) < 4.78 is 37.5. The predicted octanol–water partition coefficient (Wildman–Crippen LogP) is 1.55. The molecule has 4 nitrogen and oxygen atoms in total. The highest BCUT2D eigenvalue weighted by molar-refractivity contribution is 7.91. The molecule has 1 aliphatic carbocycles. The van der Waals surface area contributed by atoms with Crippen LogP contribution >= 0.6 is 0 Å². The molecule has 1 aromatic rings. The molecule has 1 aliphatic rings. The van der Waals surface area contributed by atoms with E-state index in [2.05, 4.69) is 0 Å². The Morgan fingerprint density at radius 2 is 2.19 bits per heavy atom. The number of rotatable bonds is 5. The van der Waals surface area contributed by atoms with Gasteiger partial charge in [0.15, 0.2) is 9.84 Å². The molecule has 1 fully saturated rings. The Morgan fingerprint density at radius 1 is 1.48 bits per heavy atom. The van der Waals surface area contributed by atoms with E-state index in [-0.39, 0.29) is 12.4 Å². The topological polar surface area (TPSA) is 63.4 Å². The van der Waals surface area contributed by atoms with E-state index in [0.717, 1.165) is 18.4 Å². The largest absolute Gasteiger partial charge is 0.329 e. The highest BCUT2D eigenvalue weighted by Crippen LogP contribution is 2.38.